The third-order valence-corrected chi connectivity index (χ3v) is 1.45. The summed E-state index contributed by atoms with van der Waals surface area (Å²) in [5.41, 5.74) is 21.4. The van der Waals surface area contributed by atoms with E-state index < -0.39 is 5.91 Å². The molecule has 0 saturated carbocycles. The zero-order valence-corrected chi connectivity index (χ0v) is 6.24. The predicted molar refractivity (Wildman–Crippen MR) is 46.0 cm³/mol. The lowest BCUT2D eigenvalue weighted by Crippen LogP contribution is -2.16. The number of hydrogen-bond donors (Lipinski definition) is 4. The standard InChI is InChI=1S/C6H9N5O/c7-3-2(6(10)12)1-11-5(9)4(3)8/h1H,8H2,(H2,10,12)(H4,7,9,11). The fraction of sp³-hybridized carbons (Fsp3) is 0. The summed E-state index contributed by atoms with van der Waals surface area (Å²) in [6.45, 7) is 0. The molecule has 1 aromatic heterocycles. The molecule has 0 saturated heterocycles. The molecule has 8 N–H and O–H groups in total. The lowest BCUT2D eigenvalue weighted by atomic mass is 10.2. The molecule has 6 nitrogen and oxygen atoms in total. The summed E-state index contributed by atoms with van der Waals surface area (Å²) in [6, 6.07) is 0. The normalized spacial score (nSPS) is 9.67. The Labute approximate surface area is 68.5 Å². The molecule has 6 heteroatoms. The van der Waals surface area contributed by atoms with Crippen LogP contribution in [0.25, 0.3) is 0 Å². The predicted octanol–water partition coefficient (Wildman–Crippen LogP) is -1.07. The van der Waals surface area contributed by atoms with Crippen LogP contribution in [0.5, 0.6) is 0 Å². The minimum Gasteiger partial charge on any atom is -0.396 e. The van der Waals surface area contributed by atoms with Gasteiger partial charge in [-0.25, -0.2) is 4.98 Å². The van der Waals surface area contributed by atoms with Crippen molar-refractivity contribution in [3.63, 3.8) is 0 Å². The Hall–Kier alpha value is -1.98. The quantitative estimate of drug-likeness (QED) is 0.422. The third kappa shape index (κ3) is 1.09. The van der Waals surface area contributed by atoms with Crippen LogP contribution in [0.4, 0.5) is 17.2 Å². The van der Waals surface area contributed by atoms with Gasteiger partial charge in [-0.1, -0.05) is 0 Å². The number of aromatic nitrogens is 1. The van der Waals surface area contributed by atoms with Crippen LogP contribution < -0.4 is 22.9 Å². The van der Waals surface area contributed by atoms with Crippen molar-refractivity contribution in [2.24, 2.45) is 5.73 Å². The molecular weight excluding hydrogens is 158 g/mol. The highest BCUT2D eigenvalue weighted by Crippen LogP contribution is 2.22. The maximum Gasteiger partial charge on any atom is 0.252 e. The number of primary amides is 1. The number of hydrogen-bond acceptors (Lipinski definition) is 5. The molecule has 0 fully saturated rings. The maximum atomic E-state index is 10.7. The van der Waals surface area contributed by atoms with Gasteiger partial charge in [0.2, 0.25) is 0 Å². The van der Waals surface area contributed by atoms with Crippen molar-refractivity contribution in [3.05, 3.63) is 11.8 Å². The van der Waals surface area contributed by atoms with E-state index in [1.807, 2.05) is 0 Å². The van der Waals surface area contributed by atoms with Crippen molar-refractivity contribution in [1.82, 2.24) is 4.98 Å². The van der Waals surface area contributed by atoms with Crippen LogP contribution in [-0.2, 0) is 0 Å². The number of nitrogens with two attached hydrogens (primary N) is 4. The van der Waals surface area contributed by atoms with Crippen molar-refractivity contribution in [3.8, 4) is 0 Å². The van der Waals surface area contributed by atoms with Gasteiger partial charge in [0.1, 0.15) is 5.82 Å². The first-order chi connectivity index (χ1) is 5.54. The van der Waals surface area contributed by atoms with Gasteiger partial charge in [-0.05, 0) is 0 Å². The van der Waals surface area contributed by atoms with E-state index in [0.29, 0.717) is 0 Å². The Kier molecular flexibility index (Phi) is 1.74. The fourth-order valence-corrected chi connectivity index (χ4v) is 0.753. The van der Waals surface area contributed by atoms with Crippen LogP contribution in [0.3, 0.4) is 0 Å². The monoisotopic (exact) mass is 167 g/mol. The average Bonchev–Trinajstić information content (AvgIpc) is 2.00. The zero-order chi connectivity index (χ0) is 9.30. The van der Waals surface area contributed by atoms with E-state index in [-0.39, 0.29) is 22.8 Å². The molecular formula is C6H9N5O. The van der Waals surface area contributed by atoms with E-state index in [2.05, 4.69) is 4.98 Å². The van der Waals surface area contributed by atoms with Crippen LogP contribution in [-0.4, -0.2) is 10.9 Å². The molecule has 0 aliphatic carbocycles. The Morgan fingerprint density at radius 2 is 1.83 bits per heavy atom. The van der Waals surface area contributed by atoms with Crippen molar-refractivity contribution in [1.29, 1.82) is 0 Å². The lowest BCUT2D eigenvalue weighted by molar-refractivity contribution is 0.100. The summed E-state index contributed by atoms with van der Waals surface area (Å²) in [5.74, 6) is -0.579. The second-order valence-corrected chi connectivity index (χ2v) is 2.25. The highest BCUT2D eigenvalue weighted by molar-refractivity contribution is 6.01. The van der Waals surface area contributed by atoms with Gasteiger partial charge in [-0.15, -0.1) is 0 Å². The van der Waals surface area contributed by atoms with Crippen LogP contribution in [0.2, 0.25) is 0 Å². The first-order valence-corrected chi connectivity index (χ1v) is 3.13. The minimum atomic E-state index is -0.674. The second-order valence-electron chi connectivity index (χ2n) is 2.25. The molecule has 1 amide bonds. The Balaban J connectivity index is 3.36. The largest absolute Gasteiger partial charge is 0.396 e. The average molecular weight is 167 g/mol. The molecule has 1 rings (SSSR count). The molecule has 64 valence electrons. The van der Waals surface area contributed by atoms with Crippen molar-refractivity contribution >= 4 is 23.1 Å². The molecule has 0 unspecified atom stereocenters. The highest BCUT2D eigenvalue weighted by Gasteiger charge is 2.10. The summed E-state index contributed by atoms with van der Waals surface area (Å²) >= 11 is 0. The van der Waals surface area contributed by atoms with Gasteiger partial charge >= 0.3 is 0 Å². The third-order valence-electron chi connectivity index (χ3n) is 1.45. The first-order valence-electron chi connectivity index (χ1n) is 3.13. The van der Waals surface area contributed by atoms with E-state index in [1.54, 1.807) is 0 Å². The summed E-state index contributed by atoms with van der Waals surface area (Å²) < 4.78 is 0. The number of nitrogens with zero attached hydrogens (tertiary/aromatic N) is 1. The second kappa shape index (κ2) is 2.57. The first kappa shape index (κ1) is 8.12. The Bertz CT molecular complexity index is 335. The SMILES string of the molecule is NC(=O)c1cnc(N)c(N)c1N. The molecule has 0 spiro atoms. The van der Waals surface area contributed by atoms with E-state index in [0.717, 1.165) is 0 Å². The zero-order valence-electron chi connectivity index (χ0n) is 6.24. The number of pyridine rings is 1. The summed E-state index contributed by atoms with van der Waals surface area (Å²) in [6.07, 6.45) is 1.20. The molecule has 0 aromatic carbocycles. The Morgan fingerprint density at radius 1 is 1.25 bits per heavy atom. The molecule has 0 radical (unpaired) electrons. The molecule has 0 aliphatic rings. The van der Waals surface area contributed by atoms with Gasteiger partial charge in [0, 0.05) is 6.20 Å². The van der Waals surface area contributed by atoms with Crippen LogP contribution in [0, 0.1) is 0 Å². The van der Waals surface area contributed by atoms with Crippen LogP contribution in [0.1, 0.15) is 10.4 Å². The number of nitrogen functional groups attached to an aromatic ring is 3. The molecule has 0 atom stereocenters. The number of rotatable bonds is 1. The molecule has 0 aliphatic heterocycles. The van der Waals surface area contributed by atoms with Gasteiger partial charge in [0.15, 0.2) is 0 Å². The minimum absolute atomic E-state index is 0.0787. The van der Waals surface area contributed by atoms with Crippen LogP contribution >= 0.6 is 0 Å². The van der Waals surface area contributed by atoms with Crippen molar-refractivity contribution in [2.45, 2.75) is 0 Å². The summed E-state index contributed by atoms with van der Waals surface area (Å²) in [5, 5.41) is 0. The number of anilines is 3. The van der Waals surface area contributed by atoms with Crippen molar-refractivity contribution < 1.29 is 4.79 Å². The van der Waals surface area contributed by atoms with E-state index in [9.17, 15) is 4.79 Å². The smallest absolute Gasteiger partial charge is 0.252 e. The Morgan fingerprint density at radius 3 is 2.33 bits per heavy atom. The van der Waals surface area contributed by atoms with Gasteiger partial charge in [0.05, 0.1) is 16.9 Å². The summed E-state index contributed by atoms with van der Waals surface area (Å²) in [4.78, 5) is 14.3. The number of carbonyl (C=O) groups excluding carboxylic acids is 1. The van der Waals surface area contributed by atoms with Gasteiger partial charge in [-0.3, -0.25) is 4.79 Å². The van der Waals surface area contributed by atoms with E-state index in [4.69, 9.17) is 22.9 Å². The van der Waals surface area contributed by atoms with Crippen LogP contribution in [0.15, 0.2) is 6.20 Å². The number of carbonyl (C=O) groups is 1. The highest BCUT2D eigenvalue weighted by atomic mass is 16.1. The van der Waals surface area contributed by atoms with Gasteiger partial charge < -0.3 is 22.9 Å². The van der Waals surface area contributed by atoms with E-state index in [1.165, 1.54) is 6.20 Å². The topological polar surface area (TPSA) is 134 Å². The molecule has 12 heavy (non-hydrogen) atoms. The molecule has 1 heterocycles. The molecule has 0 bridgehead atoms. The van der Waals surface area contributed by atoms with Crippen molar-refractivity contribution in [2.75, 3.05) is 17.2 Å². The van der Waals surface area contributed by atoms with Gasteiger partial charge in [0.25, 0.3) is 5.91 Å². The summed E-state index contributed by atoms with van der Waals surface area (Å²) in [7, 11) is 0. The lowest BCUT2D eigenvalue weighted by Gasteiger charge is -2.05. The van der Waals surface area contributed by atoms with E-state index >= 15 is 0 Å². The maximum absolute atomic E-state index is 10.7. The van der Waals surface area contributed by atoms with Gasteiger partial charge in [-0.2, -0.15) is 0 Å². The number of amides is 1. The molecule has 1 aromatic rings. The fourth-order valence-electron chi connectivity index (χ4n) is 0.753.